The van der Waals surface area contributed by atoms with Gasteiger partial charge in [-0.15, -0.1) is 0 Å². The summed E-state index contributed by atoms with van der Waals surface area (Å²) in [5.41, 5.74) is 14.4. The molecule has 2 rings (SSSR count). The van der Waals surface area contributed by atoms with Crippen molar-refractivity contribution in [2.45, 2.75) is 13.5 Å². The average Bonchev–Trinajstić information content (AvgIpc) is 2.46. The Labute approximate surface area is 132 Å². The number of anilines is 2. The molecule has 0 aliphatic carbocycles. The maximum atomic E-state index is 11.6. The third kappa shape index (κ3) is 3.76. The summed E-state index contributed by atoms with van der Waals surface area (Å²) < 4.78 is 0.915. The van der Waals surface area contributed by atoms with E-state index in [2.05, 4.69) is 20.8 Å². The number of primary amides is 1. The Hall–Kier alpha value is -2.01. The summed E-state index contributed by atoms with van der Waals surface area (Å²) >= 11 is 3.44. The zero-order chi connectivity index (χ0) is 15.4. The normalized spacial score (nSPS) is 10.4. The van der Waals surface area contributed by atoms with Gasteiger partial charge < -0.3 is 16.4 Å². The zero-order valence-electron chi connectivity index (χ0n) is 11.8. The first kappa shape index (κ1) is 15.4. The number of hydrogen-bond donors (Lipinski definition) is 2. The van der Waals surface area contributed by atoms with E-state index >= 15 is 0 Å². The summed E-state index contributed by atoms with van der Waals surface area (Å²) in [6, 6.07) is 13.2. The summed E-state index contributed by atoms with van der Waals surface area (Å²) in [7, 11) is 0. The van der Waals surface area contributed by atoms with Crippen LogP contribution in [0.3, 0.4) is 0 Å². The molecule has 4 N–H and O–H groups in total. The number of carbonyl (C=O) groups excluding carboxylic acids is 1. The van der Waals surface area contributed by atoms with Gasteiger partial charge in [0.05, 0.1) is 11.3 Å². The smallest absolute Gasteiger partial charge is 0.250 e. The van der Waals surface area contributed by atoms with Crippen LogP contribution in [-0.2, 0) is 6.54 Å². The van der Waals surface area contributed by atoms with E-state index in [1.54, 1.807) is 6.07 Å². The summed E-state index contributed by atoms with van der Waals surface area (Å²) in [5, 5.41) is 0. The first-order valence-corrected chi connectivity index (χ1v) is 7.49. The first-order chi connectivity index (χ1) is 10.0. The van der Waals surface area contributed by atoms with Crippen LogP contribution in [0.4, 0.5) is 11.4 Å². The maximum Gasteiger partial charge on any atom is 0.250 e. The topological polar surface area (TPSA) is 72.3 Å². The molecule has 4 nitrogen and oxygen atoms in total. The van der Waals surface area contributed by atoms with E-state index in [4.69, 9.17) is 11.5 Å². The van der Waals surface area contributed by atoms with E-state index in [1.807, 2.05) is 43.3 Å². The van der Waals surface area contributed by atoms with Crippen LogP contribution < -0.4 is 16.4 Å². The third-order valence-electron chi connectivity index (χ3n) is 3.30. The second kappa shape index (κ2) is 6.63. The molecule has 0 heterocycles. The first-order valence-electron chi connectivity index (χ1n) is 6.70. The van der Waals surface area contributed by atoms with Gasteiger partial charge in [0.2, 0.25) is 0 Å². The number of benzene rings is 2. The molecular weight excluding hydrogens is 330 g/mol. The van der Waals surface area contributed by atoms with Crippen LogP contribution in [0.2, 0.25) is 0 Å². The quantitative estimate of drug-likeness (QED) is 0.816. The van der Waals surface area contributed by atoms with Gasteiger partial charge in [0.15, 0.2) is 0 Å². The van der Waals surface area contributed by atoms with Crippen molar-refractivity contribution in [3.05, 3.63) is 58.1 Å². The van der Waals surface area contributed by atoms with Gasteiger partial charge in [0.25, 0.3) is 5.91 Å². The predicted octanol–water partition coefficient (Wildman–Crippen LogP) is 3.16. The number of amides is 1. The average molecular weight is 348 g/mol. The van der Waals surface area contributed by atoms with E-state index in [9.17, 15) is 4.79 Å². The molecule has 2 aromatic carbocycles. The van der Waals surface area contributed by atoms with Crippen molar-refractivity contribution >= 4 is 33.2 Å². The molecule has 0 spiro atoms. The predicted molar refractivity (Wildman–Crippen MR) is 90.2 cm³/mol. The summed E-state index contributed by atoms with van der Waals surface area (Å²) in [6.07, 6.45) is 0. The lowest BCUT2D eigenvalue weighted by atomic mass is 10.1. The minimum absolute atomic E-state index is 0.423. The number of hydrogen-bond acceptors (Lipinski definition) is 3. The molecule has 0 saturated carbocycles. The van der Waals surface area contributed by atoms with E-state index in [0.29, 0.717) is 12.1 Å². The minimum atomic E-state index is -0.423. The Bertz CT molecular complexity index is 640. The fourth-order valence-corrected chi connectivity index (χ4v) is 2.53. The van der Waals surface area contributed by atoms with Gasteiger partial charge in [-0.3, -0.25) is 4.79 Å². The molecule has 5 heteroatoms. The van der Waals surface area contributed by atoms with Crippen LogP contribution in [0.15, 0.2) is 46.9 Å². The molecular formula is C16H18BrN3O. The molecule has 0 unspecified atom stereocenters. The maximum absolute atomic E-state index is 11.6. The molecule has 0 bridgehead atoms. The van der Waals surface area contributed by atoms with E-state index in [1.165, 1.54) is 0 Å². The molecule has 0 atom stereocenters. The lowest BCUT2D eigenvalue weighted by Gasteiger charge is -2.25. The number of nitrogens with two attached hydrogens (primary N) is 2. The standard InChI is InChI=1S/C16H18BrN3O/c1-2-20(10-11-3-6-13(18)7-4-11)15-9-12(17)5-8-14(15)16(19)21/h3-9H,2,10,18H2,1H3,(H2,19,21). The highest BCUT2D eigenvalue weighted by Crippen LogP contribution is 2.26. The Morgan fingerprint density at radius 1 is 1.19 bits per heavy atom. The van der Waals surface area contributed by atoms with Crippen LogP contribution in [-0.4, -0.2) is 12.5 Å². The lowest BCUT2D eigenvalue weighted by molar-refractivity contribution is 0.100. The van der Waals surface area contributed by atoms with Crippen molar-refractivity contribution in [3.8, 4) is 0 Å². The fraction of sp³-hybridized carbons (Fsp3) is 0.188. The molecule has 0 aromatic heterocycles. The van der Waals surface area contributed by atoms with Crippen molar-refractivity contribution in [1.82, 2.24) is 0 Å². The molecule has 110 valence electrons. The summed E-state index contributed by atoms with van der Waals surface area (Å²) in [6.45, 7) is 3.50. The van der Waals surface area contributed by atoms with Gasteiger partial charge in [0.1, 0.15) is 0 Å². The summed E-state index contributed by atoms with van der Waals surface area (Å²) in [4.78, 5) is 13.7. The number of halogens is 1. The Morgan fingerprint density at radius 3 is 2.43 bits per heavy atom. The SMILES string of the molecule is CCN(Cc1ccc(N)cc1)c1cc(Br)ccc1C(N)=O. The molecule has 21 heavy (non-hydrogen) atoms. The van der Waals surface area contributed by atoms with Gasteiger partial charge in [-0.25, -0.2) is 0 Å². The molecule has 0 aliphatic rings. The molecule has 0 radical (unpaired) electrons. The highest BCUT2D eigenvalue weighted by atomic mass is 79.9. The van der Waals surface area contributed by atoms with E-state index in [0.717, 1.165) is 28.0 Å². The minimum Gasteiger partial charge on any atom is -0.399 e. The Balaban J connectivity index is 2.34. The van der Waals surface area contributed by atoms with Crippen LogP contribution in [0.25, 0.3) is 0 Å². The number of carbonyl (C=O) groups is 1. The largest absolute Gasteiger partial charge is 0.399 e. The van der Waals surface area contributed by atoms with E-state index < -0.39 is 5.91 Å². The van der Waals surface area contributed by atoms with Gasteiger partial charge in [-0.2, -0.15) is 0 Å². The number of rotatable bonds is 5. The second-order valence-corrected chi connectivity index (χ2v) is 5.70. The molecule has 2 aromatic rings. The monoisotopic (exact) mass is 347 g/mol. The Morgan fingerprint density at radius 2 is 1.86 bits per heavy atom. The zero-order valence-corrected chi connectivity index (χ0v) is 13.4. The van der Waals surface area contributed by atoms with Crippen LogP contribution in [0.5, 0.6) is 0 Å². The molecule has 0 aliphatic heterocycles. The van der Waals surface area contributed by atoms with Gasteiger partial charge >= 0.3 is 0 Å². The van der Waals surface area contributed by atoms with Crippen molar-refractivity contribution in [2.75, 3.05) is 17.2 Å². The fourth-order valence-electron chi connectivity index (χ4n) is 2.19. The summed E-state index contributed by atoms with van der Waals surface area (Å²) in [5.74, 6) is -0.423. The van der Waals surface area contributed by atoms with Crippen molar-refractivity contribution < 1.29 is 4.79 Å². The molecule has 1 amide bonds. The molecule has 0 fully saturated rings. The number of nitrogen functional groups attached to an aromatic ring is 1. The van der Waals surface area contributed by atoms with Crippen LogP contribution >= 0.6 is 15.9 Å². The van der Waals surface area contributed by atoms with Crippen molar-refractivity contribution in [1.29, 1.82) is 0 Å². The van der Waals surface area contributed by atoms with Crippen LogP contribution in [0.1, 0.15) is 22.8 Å². The molecule has 0 saturated heterocycles. The van der Waals surface area contributed by atoms with Gasteiger partial charge in [-0.05, 0) is 42.8 Å². The van der Waals surface area contributed by atoms with Crippen molar-refractivity contribution in [3.63, 3.8) is 0 Å². The number of nitrogens with zero attached hydrogens (tertiary/aromatic N) is 1. The van der Waals surface area contributed by atoms with E-state index in [-0.39, 0.29) is 0 Å². The van der Waals surface area contributed by atoms with Crippen molar-refractivity contribution in [2.24, 2.45) is 5.73 Å². The lowest BCUT2D eigenvalue weighted by Crippen LogP contribution is -2.25. The van der Waals surface area contributed by atoms with Gasteiger partial charge in [0, 0.05) is 23.2 Å². The van der Waals surface area contributed by atoms with Crippen LogP contribution in [0, 0.1) is 0 Å². The highest BCUT2D eigenvalue weighted by molar-refractivity contribution is 9.10. The second-order valence-electron chi connectivity index (χ2n) is 4.78. The Kier molecular flexibility index (Phi) is 4.85. The highest BCUT2D eigenvalue weighted by Gasteiger charge is 2.14. The van der Waals surface area contributed by atoms with Gasteiger partial charge in [-0.1, -0.05) is 28.1 Å². The third-order valence-corrected chi connectivity index (χ3v) is 3.79.